The Morgan fingerprint density at radius 3 is 2.43 bits per heavy atom. The SMILES string of the molecule is Nc1ccc(Br)cc1C(=O)NC(C(=O)O)c1ccccc1. The van der Waals surface area contributed by atoms with E-state index in [-0.39, 0.29) is 11.3 Å². The summed E-state index contributed by atoms with van der Waals surface area (Å²) in [6, 6.07) is 12.2. The van der Waals surface area contributed by atoms with Crippen LogP contribution in [0.25, 0.3) is 0 Å². The minimum Gasteiger partial charge on any atom is -0.479 e. The number of carbonyl (C=O) groups is 2. The largest absolute Gasteiger partial charge is 0.479 e. The number of hydrogen-bond acceptors (Lipinski definition) is 3. The predicted molar refractivity (Wildman–Crippen MR) is 82.8 cm³/mol. The number of rotatable bonds is 4. The average molecular weight is 349 g/mol. The van der Waals surface area contributed by atoms with Crippen LogP contribution in [0.3, 0.4) is 0 Å². The summed E-state index contributed by atoms with van der Waals surface area (Å²) in [6.07, 6.45) is 0. The molecule has 0 spiro atoms. The molecule has 0 aliphatic rings. The summed E-state index contributed by atoms with van der Waals surface area (Å²) in [6.45, 7) is 0. The first kappa shape index (κ1) is 15.1. The van der Waals surface area contributed by atoms with Gasteiger partial charge >= 0.3 is 5.97 Å². The molecule has 0 aromatic heterocycles. The maximum atomic E-state index is 12.2. The number of nitrogens with one attached hydrogen (secondary N) is 1. The number of aliphatic carboxylic acids is 1. The van der Waals surface area contributed by atoms with E-state index in [0.717, 1.165) is 0 Å². The molecule has 4 N–H and O–H groups in total. The van der Waals surface area contributed by atoms with Crippen LogP contribution in [0.15, 0.2) is 53.0 Å². The van der Waals surface area contributed by atoms with Gasteiger partial charge < -0.3 is 16.2 Å². The molecule has 0 saturated heterocycles. The standard InChI is InChI=1S/C15H13BrN2O3/c16-10-6-7-12(17)11(8-10)14(19)18-13(15(20)21)9-4-2-1-3-5-9/h1-8,13H,17H2,(H,18,19)(H,20,21). The fourth-order valence-corrected chi connectivity index (χ4v) is 2.23. The van der Waals surface area contributed by atoms with Gasteiger partial charge in [0.15, 0.2) is 6.04 Å². The van der Waals surface area contributed by atoms with E-state index in [9.17, 15) is 14.7 Å². The lowest BCUT2D eigenvalue weighted by Gasteiger charge is -2.15. The predicted octanol–water partition coefficient (Wildman–Crippen LogP) is 2.59. The molecule has 0 heterocycles. The summed E-state index contributed by atoms with van der Waals surface area (Å²) in [4.78, 5) is 23.6. The summed E-state index contributed by atoms with van der Waals surface area (Å²) in [5.74, 6) is -1.67. The summed E-state index contributed by atoms with van der Waals surface area (Å²) in [7, 11) is 0. The van der Waals surface area contributed by atoms with E-state index in [1.807, 2.05) is 0 Å². The number of halogens is 1. The van der Waals surface area contributed by atoms with Crippen LogP contribution in [-0.2, 0) is 4.79 Å². The van der Waals surface area contributed by atoms with Gasteiger partial charge in [-0.15, -0.1) is 0 Å². The van der Waals surface area contributed by atoms with Gasteiger partial charge in [0, 0.05) is 10.2 Å². The Labute approximate surface area is 129 Å². The van der Waals surface area contributed by atoms with Crippen molar-refractivity contribution in [3.05, 3.63) is 64.1 Å². The number of carboxylic acid groups (broad SMARTS) is 1. The van der Waals surface area contributed by atoms with Crippen LogP contribution in [0.2, 0.25) is 0 Å². The average Bonchev–Trinajstić information content (AvgIpc) is 2.47. The Morgan fingerprint density at radius 2 is 1.81 bits per heavy atom. The van der Waals surface area contributed by atoms with Gasteiger partial charge in [-0.1, -0.05) is 46.3 Å². The number of anilines is 1. The minimum absolute atomic E-state index is 0.228. The highest BCUT2D eigenvalue weighted by molar-refractivity contribution is 9.10. The molecule has 1 unspecified atom stereocenters. The Hall–Kier alpha value is -2.34. The zero-order chi connectivity index (χ0) is 15.4. The molecular weight excluding hydrogens is 336 g/mol. The van der Waals surface area contributed by atoms with E-state index in [4.69, 9.17) is 5.73 Å². The molecule has 1 atom stereocenters. The number of benzene rings is 2. The molecular formula is C15H13BrN2O3. The number of carbonyl (C=O) groups excluding carboxylic acids is 1. The molecule has 0 aliphatic carbocycles. The minimum atomic E-state index is -1.14. The summed E-state index contributed by atoms with van der Waals surface area (Å²) in [5.41, 5.74) is 6.76. The highest BCUT2D eigenvalue weighted by Crippen LogP contribution is 2.20. The summed E-state index contributed by atoms with van der Waals surface area (Å²) in [5, 5.41) is 11.8. The molecule has 2 aromatic carbocycles. The third-order valence-corrected chi connectivity index (χ3v) is 3.41. The molecule has 0 radical (unpaired) electrons. The van der Waals surface area contributed by atoms with Crippen LogP contribution in [0.4, 0.5) is 5.69 Å². The van der Waals surface area contributed by atoms with Crippen molar-refractivity contribution in [2.24, 2.45) is 0 Å². The van der Waals surface area contributed by atoms with Crippen molar-refractivity contribution in [2.75, 3.05) is 5.73 Å². The van der Waals surface area contributed by atoms with Crippen LogP contribution in [-0.4, -0.2) is 17.0 Å². The van der Waals surface area contributed by atoms with Gasteiger partial charge in [-0.25, -0.2) is 4.79 Å². The highest BCUT2D eigenvalue weighted by Gasteiger charge is 2.23. The van der Waals surface area contributed by atoms with Crippen molar-refractivity contribution in [1.82, 2.24) is 5.32 Å². The van der Waals surface area contributed by atoms with Gasteiger partial charge in [-0.3, -0.25) is 4.79 Å². The molecule has 21 heavy (non-hydrogen) atoms. The third kappa shape index (κ3) is 3.61. The van der Waals surface area contributed by atoms with E-state index >= 15 is 0 Å². The van der Waals surface area contributed by atoms with Crippen LogP contribution < -0.4 is 11.1 Å². The quantitative estimate of drug-likeness (QED) is 0.740. The Morgan fingerprint density at radius 1 is 1.14 bits per heavy atom. The van der Waals surface area contributed by atoms with E-state index in [1.54, 1.807) is 48.5 Å². The zero-order valence-electron chi connectivity index (χ0n) is 10.9. The number of amides is 1. The van der Waals surface area contributed by atoms with Crippen molar-refractivity contribution in [2.45, 2.75) is 6.04 Å². The first-order chi connectivity index (χ1) is 9.99. The topological polar surface area (TPSA) is 92.4 Å². The molecule has 0 fully saturated rings. The van der Waals surface area contributed by atoms with Gasteiger partial charge in [0.2, 0.25) is 0 Å². The number of nitrogens with two attached hydrogens (primary N) is 1. The molecule has 0 saturated carbocycles. The van der Waals surface area contributed by atoms with Crippen molar-refractivity contribution in [1.29, 1.82) is 0 Å². The molecule has 6 heteroatoms. The monoisotopic (exact) mass is 348 g/mol. The van der Waals surface area contributed by atoms with Crippen molar-refractivity contribution in [3.8, 4) is 0 Å². The first-order valence-electron chi connectivity index (χ1n) is 6.12. The molecule has 2 rings (SSSR count). The molecule has 2 aromatic rings. The maximum absolute atomic E-state index is 12.2. The van der Waals surface area contributed by atoms with Crippen molar-refractivity contribution in [3.63, 3.8) is 0 Å². The highest BCUT2D eigenvalue weighted by atomic mass is 79.9. The second-order valence-corrected chi connectivity index (χ2v) is 5.30. The van der Waals surface area contributed by atoms with Gasteiger partial charge in [-0.05, 0) is 23.8 Å². The second kappa shape index (κ2) is 6.41. The van der Waals surface area contributed by atoms with E-state index in [0.29, 0.717) is 10.0 Å². The van der Waals surface area contributed by atoms with Gasteiger partial charge in [0.25, 0.3) is 5.91 Å². The number of carboxylic acids is 1. The third-order valence-electron chi connectivity index (χ3n) is 2.92. The van der Waals surface area contributed by atoms with Crippen LogP contribution in [0.1, 0.15) is 22.0 Å². The summed E-state index contributed by atoms with van der Waals surface area (Å²) < 4.78 is 0.688. The summed E-state index contributed by atoms with van der Waals surface area (Å²) >= 11 is 3.25. The lowest BCUT2D eigenvalue weighted by molar-refractivity contribution is -0.139. The Balaban J connectivity index is 2.27. The lowest BCUT2D eigenvalue weighted by atomic mass is 10.1. The molecule has 108 valence electrons. The number of nitrogen functional groups attached to an aromatic ring is 1. The first-order valence-corrected chi connectivity index (χ1v) is 6.92. The molecule has 5 nitrogen and oxygen atoms in total. The van der Waals surface area contributed by atoms with E-state index < -0.39 is 17.9 Å². The van der Waals surface area contributed by atoms with Crippen LogP contribution in [0.5, 0.6) is 0 Å². The fourth-order valence-electron chi connectivity index (χ4n) is 1.87. The van der Waals surface area contributed by atoms with Crippen LogP contribution in [0, 0.1) is 0 Å². The molecule has 1 amide bonds. The molecule has 0 aliphatic heterocycles. The van der Waals surface area contributed by atoms with E-state index in [1.165, 1.54) is 0 Å². The van der Waals surface area contributed by atoms with E-state index in [2.05, 4.69) is 21.2 Å². The van der Waals surface area contributed by atoms with Crippen molar-refractivity contribution >= 4 is 33.5 Å². The second-order valence-electron chi connectivity index (χ2n) is 4.39. The lowest BCUT2D eigenvalue weighted by Crippen LogP contribution is -2.34. The van der Waals surface area contributed by atoms with Crippen LogP contribution >= 0.6 is 15.9 Å². The van der Waals surface area contributed by atoms with Gasteiger partial charge in [0.05, 0.1) is 5.56 Å². The van der Waals surface area contributed by atoms with Gasteiger partial charge in [-0.2, -0.15) is 0 Å². The van der Waals surface area contributed by atoms with Crippen molar-refractivity contribution < 1.29 is 14.7 Å². The normalized spacial score (nSPS) is 11.7. The fraction of sp³-hybridized carbons (Fsp3) is 0.0667. The maximum Gasteiger partial charge on any atom is 0.330 e. The molecule has 0 bridgehead atoms. The smallest absolute Gasteiger partial charge is 0.330 e. The number of hydrogen-bond donors (Lipinski definition) is 3. The van der Waals surface area contributed by atoms with Gasteiger partial charge in [0.1, 0.15) is 0 Å². The Bertz CT molecular complexity index is 674. The Kier molecular flexibility index (Phi) is 4.59. The zero-order valence-corrected chi connectivity index (χ0v) is 12.5.